The highest BCUT2D eigenvalue weighted by Gasteiger charge is 2.43. The summed E-state index contributed by atoms with van der Waals surface area (Å²) in [6, 6.07) is 3.00. The predicted molar refractivity (Wildman–Crippen MR) is 150 cm³/mol. The molecule has 0 radical (unpaired) electrons. The zero-order chi connectivity index (χ0) is 29.4. The first kappa shape index (κ1) is 30.9. The Morgan fingerprint density at radius 1 is 1.23 bits per heavy atom. The van der Waals surface area contributed by atoms with Gasteiger partial charge in [0.1, 0.15) is 29.5 Å². The number of carboxylic acid groups (broad SMARTS) is 1. The number of carbonyl (C=O) groups is 3. The minimum absolute atomic E-state index is 0.00766. The van der Waals surface area contributed by atoms with Crippen molar-refractivity contribution in [3.8, 4) is 11.6 Å². The minimum Gasteiger partial charge on any atom is -0.497 e. The maximum Gasteiger partial charge on any atom is 0.408 e. The predicted octanol–water partition coefficient (Wildman–Crippen LogP) is 4.75. The Bertz CT molecular complexity index is 1230. The molecule has 1 aliphatic rings. The van der Waals surface area contributed by atoms with Crippen molar-refractivity contribution in [2.45, 2.75) is 83.1 Å². The van der Waals surface area contributed by atoms with E-state index in [1.54, 1.807) is 39.0 Å². The van der Waals surface area contributed by atoms with Gasteiger partial charge in [-0.1, -0.05) is 30.5 Å². The van der Waals surface area contributed by atoms with Crippen molar-refractivity contribution in [2.24, 2.45) is 0 Å². The van der Waals surface area contributed by atoms with Crippen LogP contribution in [0, 0.1) is 0 Å². The van der Waals surface area contributed by atoms with Crippen LogP contribution in [0.25, 0.3) is 11.0 Å². The minimum atomic E-state index is -1.18. The third-order valence-electron chi connectivity index (χ3n) is 6.30. The second-order valence-electron chi connectivity index (χ2n) is 10.6. The van der Waals surface area contributed by atoms with E-state index >= 15 is 0 Å². The van der Waals surface area contributed by atoms with Crippen molar-refractivity contribution >= 4 is 40.6 Å². The maximum absolute atomic E-state index is 13.6. The van der Waals surface area contributed by atoms with Crippen LogP contribution in [0.2, 0.25) is 5.15 Å². The number of fused-ring (bicyclic) bond motifs is 1. The normalized spacial score (nSPS) is 17.8. The van der Waals surface area contributed by atoms with Gasteiger partial charge in [-0.25, -0.2) is 19.6 Å². The van der Waals surface area contributed by atoms with Crippen LogP contribution in [0.4, 0.5) is 4.79 Å². The molecule has 2 heterocycles. The lowest BCUT2D eigenvalue weighted by molar-refractivity contribution is -0.149. The molecule has 1 saturated heterocycles. The number of nitrogens with zero attached hydrogens (tertiary/aromatic N) is 3. The summed E-state index contributed by atoms with van der Waals surface area (Å²) in [5, 5.41) is 12.6. The average molecular weight is 577 g/mol. The van der Waals surface area contributed by atoms with E-state index in [0.29, 0.717) is 29.6 Å². The summed E-state index contributed by atoms with van der Waals surface area (Å²) in [7, 11) is 1.53. The molecule has 3 atom stereocenters. The molecule has 1 aromatic heterocycles. The molecular weight excluding hydrogens is 540 g/mol. The molecule has 2 N–H and O–H groups in total. The molecule has 3 rings (SSSR count). The molecule has 40 heavy (non-hydrogen) atoms. The van der Waals surface area contributed by atoms with Gasteiger partial charge in [-0.2, -0.15) is 0 Å². The number of aromatic nitrogens is 2. The highest BCUT2D eigenvalue weighted by molar-refractivity contribution is 6.31. The fourth-order valence-corrected chi connectivity index (χ4v) is 4.62. The quantitative estimate of drug-likeness (QED) is 0.270. The largest absolute Gasteiger partial charge is 0.497 e. The van der Waals surface area contributed by atoms with Gasteiger partial charge in [-0.05, 0) is 52.2 Å². The SMILES string of the molecule is C=CCCCCCC(NC(=O)OC(C)(C)C)C(=O)N1C[C@H](Oc2nc3cc(OC)ccc3nc2Cl)C[C@H]1C(=O)O. The van der Waals surface area contributed by atoms with Crippen molar-refractivity contribution in [3.05, 3.63) is 36.0 Å². The number of hydrogen-bond acceptors (Lipinski definition) is 8. The number of nitrogens with one attached hydrogen (secondary N) is 1. The number of methoxy groups -OCH3 is 1. The van der Waals surface area contributed by atoms with E-state index in [0.717, 1.165) is 19.3 Å². The number of carbonyl (C=O) groups excluding carboxylic acids is 2. The molecule has 1 fully saturated rings. The van der Waals surface area contributed by atoms with Crippen LogP contribution in [0.5, 0.6) is 11.6 Å². The Morgan fingerprint density at radius 3 is 2.62 bits per heavy atom. The second kappa shape index (κ2) is 13.6. The molecule has 1 unspecified atom stereocenters. The van der Waals surface area contributed by atoms with Gasteiger partial charge in [-0.3, -0.25) is 4.79 Å². The van der Waals surface area contributed by atoms with Gasteiger partial charge in [0.05, 0.1) is 24.7 Å². The Morgan fingerprint density at radius 2 is 1.98 bits per heavy atom. The number of rotatable bonds is 12. The number of alkyl carbamates (subject to hydrolysis) is 1. The topological polar surface area (TPSA) is 140 Å². The number of amides is 2. The van der Waals surface area contributed by atoms with Crippen LogP contribution in [0.15, 0.2) is 30.9 Å². The smallest absolute Gasteiger partial charge is 0.408 e. The molecule has 12 heteroatoms. The molecule has 0 bridgehead atoms. The molecule has 2 aromatic rings. The third-order valence-corrected chi connectivity index (χ3v) is 6.55. The first-order valence-corrected chi connectivity index (χ1v) is 13.6. The van der Waals surface area contributed by atoms with Gasteiger partial charge < -0.3 is 29.5 Å². The number of hydrogen-bond donors (Lipinski definition) is 2. The van der Waals surface area contributed by atoms with Crippen molar-refractivity contribution < 1.29 is 33.7 Å². The molecule has 11 nitrogen and oxygen atoms in total. The van der Waals surface area contributed by atoms with Gasteiger partial charge in [0.25, 0.3) is 5.88 Å². The Kier molecular flexibility index (Phi) is 10.6. The monoisotopic (exact) mass is 576 g/mol. The second-order valence-corrected chi connectivity index (χ2v) is 11.0. The van der Waals surface area contributed by atoms with Crippen LogP contribution < -0.4 is 14.8 Å². The number of carboxylic acids is 1. The molecule has 1 aliphatic heterocycles. The van der Waals surface area contributed by atoms with Crippen molar-refractivity contribution in [1.82, 2.24) is 20.2 Å². The number of unbranched alkanes of at least 4 members (excludes halogenated alkanes) is 3. The van der Waals surface area contributed by atoms with Crippen molar-refractivity contribution in [2.75, 3.05) is 13.7 Å². The number of ether oxygens (including phenoxy) is 3. The summed E-state index contributed by atoms with van der Waals surface area (Å²) in [6.07, 6.45) is 3.92. The summed E-state index contributed by atoms with van der Waals surface area (Å²) in [5.41, 5.74) is 0.258. The van der Waals surface area contributed by atoms with Gasteiger partial charge in [0, 0.05) is 12.5 Å². The highest BCUT2D eigenvalue weighted by Crippen LogP contribution is 2.30. The molecule has 1 aromatic carbocycles. The molecular formula is C28H37ClN4O7. The Balaban J connectivity index is 1.78. The van der Waals surface area contributed by atoms with E-state index in [-0.39, 0.29) is 24.0 Å². The number of likely N-dealkylation sites (tertiary alicyclic amines) is 1. The number of allylic oxidation sites excluding steroid dienone is 1. The maximum atomic E-state index is 13.6. The first-order chi connectivity index (χ1) is 18.9. The zero-order valence-corrected chi connectivity index (χ0v) is 24.1. The first-order valence-electron chi connectivity index (χ1n) is 13.2. The van der Waals surface area contributed by atoms with Gasteiger partial charge >= 0.3 is 12.1 Å². The summed E-state index contributed by atoms with van der Waals surface area (Å²) in [6.45, 7) is 8.84. The number of benzene rings is 1. The average Bonchev–Trinajstić information content (AvgIpc) is 3.31. The molecule has 2 amide bonds. The van der Waals surface area contributed by atoms with Gasteiger partial charge in [0.2, 0.25) is 5.91 Å². The van der Waals surface area contributed by atoms with E-state index < -0.39 is 41.8 Å². The van der Waals surface area contributed by atoms with Crippen molar-refractivity contribution in [1.29, 1.82) is 0 Å². The molecule has 0 aliphatic carbocycles. The number of halogens is 1. The summed E-state index contributed by atoms with van der Waals surface area (Å²) in [4.78, 5) is 48.3. The zero-order valence-electron chi connectivity index (χ0n) is 23.3. The van der Waals surface area contributed by atoms with Crippen LogP contribution >= 0.6 is 11.6 Å². The van der Waals surface area contributed by atoms with E-state index in [1.807, 2.05) is 6.08 Å². The van der Waals surface area contributed by atoms with Crippen LogP contribution in [-0.2, 0) is 14.3 Å². The fourth-order valence-electron chi connectivity index (χ4n) is 4.44. The van der Waals surface area contributed by atoms with E-state index in [2.05, 4.69) is 21.9 Å². The Hall–Kier alpha value is -3.60. The van der Waals surface area contributed by atoms with Gasteiger partial charge in [0.15, 0.2) is 5.15 Å². The lowest BCUT2D eigenvalue weighted by atomic mass is 10.1. The third kappa shape index (κ3) is 8.45. The Labute approximate surface area is 238 Å². The standard InChI is InChI=1S/C28H37ClN4O7/c1-6-7-8-9-10-11-20(32-27(37)40-28(2,3)4)25(34)33-16-18(15-22(33)26(35)36)39-24-23(29)30-19-13-12-17(38-5)14-21(19)31-24/h6,12-14,18,20,22H,1,7-11,15-16H2,2-5H3,(H,32,37)(H,35,36)/t18-,20?,22+/m1/s1. The molecule has 0 spiro atoms. The molecule has 0 saturated carbocycles. The van der Waals surface area contributed by atoms with Crippen LogP contribution in [0.3, 0.4) is 0 Å². The van der Waals surface area contributed by atoms with Gasteiger partial charge in [-0.15, -0.1) is 6.58 Å². The van der Waals surface area contributed by atoms with E-state index in [4.69, 9.17) is 25.8 Å². The fraction of sp³-hybridized carbons (Fsp3) is 0.536. The summed E-state index contributed by atoms with van der Waals surface area (Å²) in [5.74, 6) is -1.10. The van der Waals surface area contributed by atoms with Crippen LogP contribution in [0.1, 0.15) is 59.3 Å². The summed E-state index contributed by atoms with van der Waals surface area (Å²) >= 11 is 6.31. The lowest BCUT2D eigenvalue weighted by Crippen LogP contribution is -2.52. The highest BCUT2D eigenvalue weighted by atomic mass is 35.5. The summed E-state index contributed by atoms with van der Waals surface area (Å²) < 4.78 is 16.6. The van der Waals surface area contributed by atoms with Crippen LogP contribution in [-0.4, -0.2) is 75.4 Å². The van der Waals surface area contributed by atoms with E-state index in [1.165, 1.54) is 12.0 Å². The number of aliphatic carboxylic acids is 1. The van der Waals surface area contributed by atoms with Crippen molar-refractivity contribution in [3.63, 3.8) is 0 Å². The lowest BCUT2D eigenvalue weighted by Gasteiger charge is -2.28. The van der Waals surface area contributed by atoms with E-state index in [9.17, 15) is 19.5 Å². The molecule has 218 valence electrons.